The van der Waals surface area contributed by atoms with Crippen molar-refractivity contribution in [2.24, 2.45) is 4.99 Å². The molecule has 3 rings (SSSR count). The molecule has 0 saturated carbocycles. The molecule has 2 aromatic rings. The minimum absolute atomic E-state index is 0. The van der Waals surface area contributed by atoms with Gasteiger partial charge in [-0.1, -0.05) is 0 Å². The molecular formula is C20H28FIN6O. The van der Waals surface area contributed by atoms with Crippen molar-refractivity contribution in [2.45, 2.75) is 32.9 Å². The summed E-state index contributed by atoms with van der Waals surface area (Å²) in [6, 6.07) is 3.20. The van der Waals surface area contributed by atoms with Crippen molar-refractivity contribution in [2.75, 3.05) is 32.1 Å². The summed E-state index contributed by atoms with van der Waals surface area (Å²) in [6.45, 7) is 5.94. The predicted molar refractivity (Wildman–Crippen MR) is 124 cm³/mol. The van der Waals surface area contributed by atoms with Crippen LogP contribution in [0.5, 0.6) is 5.75 Å². The van der Waals surface area contributed by atoms with Crippen molar-refractivity contribution in [1.29, 1.82) is 0 Å². The van der Waals surface area contributed by atoms with Crippen LogP contribution in [-0.4, -0.2) is 49.2 Å². The lowest BCUT2D eigenvalue weighted by Gasteiger charge is -2.20. The zero-order valence-corrected chi connectivity index (χ0v) is 19.5. The van der Waals surface area contributed by atoms with Crippen molar-refractivity contribution in [3.63, 3.8) is 0 Å². The second kappa shape index (κ2) is 10.6. The highest BCUT2D eigenvalue weighted by Gasteiger charge is 2.26. The standard InChI is InChI=1S/C20H27FN6O.HI/c1-13-10-24-17(14(2)18(13)28-4)11-25-20(22-3)26-15-7-9-27(12-15)19-16(21)6-5-8-23-19;/h5-6,8,10,15H,7,9,11-12H2,1-4H3,(H2,22,25,26);1H. The van der Waals surface area contributed by atoms with Gasteiger partial charge in [0.2, 0.25) is 0 Å². The number of aryl methyl sites for hydroxylation is 1. The maximum atomic E-state index is 14.0. The van der Waals surface area contributed by atoms with Gasteiger partial charge < -0.3 is 20.3 Å². The van der Waals surface area contributed by atoms with E-state index in [1.54, 1.807) is 26.4 Å². The van der Waals surface area contributed by atoms with Crippen molar-refractivity contribution < 1.29 is 9.13 Å². The summed E-state index contributed by atoms with van der Waals surface area (Å²) in [5.41, 5.74) is 2.94. The van der Waals surface area contributed by atoms with Gasteiger partial charge in [0, 0.05) is 49.7 Å². The largest absolute Gasteiger partial charge is 0.496 e. The number of pyridine rings is 2. The average Bonchev–Trinajstić information content (AvgIpc) is 3.15. The number of guanidine groups is 1. The minimum Gasteiger partial charge on any atom is -0.496 e. The zero-order valence-electron chi connectivity index (χ0n) is 17.2. The highest BCUT2D eigenvalue weighted by molar-refractivity contribution is 14.0. The fourth-order valence-corrected chi connectivity index (χ4v) is 3.49. The van der Waals surface area contributed by atoms with Crippen LogP contribution >= 0.6 is 24.0 Å². The Morgan fingerprint density at radius 3 is 2.86 bits per heavy atom. The quantitative estimate of drug-likeness (QED) is 0.363. The number of halogens is 2. The Hall–Kier alpha value is -2.17. The van der Waals surface area contributed by atoms with Crippen LogP contribution in [0, 0.1) is 19.7 Å². The molecule has 1 aliphatic heterocycles. The molecule has 0 bridgehead atoms. The number of anilines is 1. The van der Waals surface area contributed by atoms with E-state index in [1.165, 1.54) is 6.07 Å². The minimum atomic E-state index is -0.291. The number of aliphatic imine (C=N–C) groups is 1. The van der Waals surface area contributed by atoms with E-state index in [0.29, 0.717) is 24.9 Å². The van der Waals surface area contributed by atoms with Crippen LogP contribution in [0.3, 0.4) is 0 Å². The van der Waals surface area contributed by atoms with Gasteiger partial charge in [-0.3, -0.25) is 9.98 Å². The highest BCUT2D eigenvalue weighted by Crippen LogP contribution is 2.24. The molecular weight excluding hydrogens is 486 g/mol. The Kier molecular flexibility index (Phi) is 8.42. The highest BCUT2D eigenvalue weighted by atomic mass is 127. The van der Waals surface area contributed by atoms with E-state index in [2.05, 4.69) is 25.6 Å². The number of rotatable bonds is 5. The third kappa shape index (κ3) is 5.46. The molecule has 2 aromatic heterocycles. The second-order valence-corrected chi connectivity index (χ2v) is 6.86. The average molecular weight is 514 g/mol. The van der Waals surface area contributed by atoms with Gasteiger partial charge >= 0.3 is 0 Å². The Morgan fingerprint density at radius 1 is 1.38 bits per heavy atom. The molecule has 1 saturated heterocycles. The molecule has 1 atom stereocenters. The van der Waals surface area contributed by atoms with Crippen LogP contribution in [0.2, 0.25) is 0 Å². The number of nitrogens with zero attached hydrogens (tertiary/aromatic N) is 4. The van der Waals surface area contributed by atoms with Crippen molar-refractivity contribution in [3.05, 3.63) is 47.2 Å². The van der Waals surface area contributed by atoms with E-state index in [1.807, 2.05) is 24.9 Å². The molecule has 29 heavy (non-hydrogen) atoms. The van der Waals surface area contributed by atoms with Gasteiger partial charge in [-0.05, 0) is 32.4 Å². The van der Waals surface area contributed by atoms with Gasteiger partial charge in [0.25, 0.3) is 0 Å². The van der Waals surface area contributed by atoms with E-state index in [-0.39, 0.29) is 35.8 Å². The molecule has 2 N–H and O–H groups in total. The third-order valence-electron chi connectivity index (χ3n) is 4.96. The van der Waals surface area contributed by atoms with Gasteiger partial charge in [0.1, 0.15) is 5.75 Å². The summed E-state index contributed by atoms with van der Waals surface area (Å²) in [5, 5.41) is 6.71. The predicted octanol–water partition coefficient (Wildman–Crippen LogP) is 2.80. The van der Waals surface area contributed by atoms with Crippen LogP contribution in [0.4, 0.5) is 10.2 Å². The Balaban J connectivity index is 0.00000300. The number of methoxy groups -OCH3 is 1. The van der Waals surface area contributed by atoms with Crippen LogP contribution < -0.4 is 20.3 Å². The van der Waals surface area contributed by atoms with Crippen molar-refractivity contribution in [1.82, 2.24) is 20.6 Å². The van der Waals surface area contributed by atoms with Crippen LogP contribution in [0.25, 0.3) is 0 Å². The lowest BCUT2D eigenvalue weighted by Crippen LogP contribution is -2.44. The number of aromatic nitrogens is 2. The van der Waals surface area contributed by atoms with Crippen LogP contribution in [0.1, 0.15) is 23.2 Å². The molecule has 0 spiro atoms. The van der Waals surface area contributed by atoms with E-state index in [9.17, 15) is 4.39 Å². The van der Waals surface area contributed by atoms with E-state index in [4.69, 9.17) is 4.74 Å². The zero-order chi connectivity index (χ0) is 20.1. The Bertz CT molecular complexity index is 863. The third-order valence-corrected chi connectivity index (χ3v) is 4.96. The second-order valence-electron chi connectivity index (χ2n) is 6.86. The molecule has 3 heterocycles. The first-order valence-electron chi connectivity index (χ1n) is 9.35. The molecule has 0 aromatic carbocycles. The molecule has 0 amide bonds. The summed E-state index contributed by atoms with van der Waals surface area (Å²) in [6.07, 6.45) is 4.31. The summed E-state index contributed by atoms with van der Waals surface area (Å²) >= 11 is 0. The van der Waals surface area contributed by atoms with Crippen molar-refractivity contribution in [3.8, 4) is 5.75 Å². The lowest BCUT2D eigenvalue weighted by molar-refractivity contribution is 0.406. The number of nitrogens with one attached hydrogen (secondary N) is 2. The summed E-state index contributed by atoms with van der Waals surface area (Å²) in [5.74, 6) is 1.66. The summed E-state index contributed by atoms with van der Waals surface area (Å²) in [7, 11) is 3.40. The molecule has 9 heteroatoms. The topological polar surface area (TPSA) is 74.7 Å². The maximum Gasteiger partial charge on any atom is 0.191 e. The smallest absolute Gasteiger partial charge is 0.191 e. The SMILES string of the molecule is CN=C(NCc1ncc(C)c(OC)c1C)NC1CCN(c2ncccc2F)C1.I. The normalized spacial score (nSPS) is 16.4. The lowest BCUT2D eigenvalue weighted by atomic mass is 10.1. The van der Waals surface area contributed by atoms with Gasteiger partial charge in [0.15, 0.2) is 17.6 Å². The van der Waals surface area contributed by atoms with Gasteiger partial charge in [-0.15, -0.1) is 24.0 Å². The molecule has 7 nitrogen and oxygen atoms in total. The first-order valence-corrected chi connectivity index (χ1v) is 9.35. The molecule has 0 aliphatic carbocycles. The first kappa shape index (κ1) is 23.1. The molecule has 1 aliphatic rings. The van der Waals surface area contributed by atoms with Crippen LogP contribution in [0.15, 0.2) is 29.5 Å². The van der Waals surface area contributed by atoms with Crippen molar-refractivity contribution >= 4 is 35.8 Å². The summed E-state index contributed by atoms with van der Waals surface area (Å²) < 4.78 is 19.4. The molecule has 1 fully saturated rings. The fourth-order valence-electron chi connectivity index (χ4n) is 3.49. The number of hydrogen-bond acceptors (Lipinski definition) is 5. The number of ether oxygens (including phenoxy) is 1. The van der Waals surface area contributed by atoms with Gasteiger partial charge in [0.05, 0.1) is 19.3 Å². The van der Waals surface area contributed by atoms with Gasteiger partial charge in [-0.2, -0.15) is 0 Å². The fraction of sp³-hybridized carbons (Fsp3) is 0.450. The van der Waals surface area contributed by atoms with E-state index >= 15 is 0 Å². The van der Waals surface area contributed by atoms with E-state index < -0.39 is 0 Å². The van der Waals surface area contributed by atoms with Gasteiger partial charge in [-0.25, -0.2) is 9.37 Å². The Labute approximate surface area is 188 Å². The monoisotopic (exact) mass is 514 g/mol. The first-order chi connectivity index (χ1) is 13.5. The Morgan fingerprint density at radius 2 is 2.17 bits per heavy atom. The summed E-state index contributed by atoms with van der Waals surface area (Å²) in [4.78, 5) is 14.9. The number of hydrogen-bond donors (Lipinski definition) is 2. The van der Waals surface area contributed by atoms with E-state index in [0.717, 1.165) is 35.5 Å². The molecule has 158 valence electrons. The van der Waals surface area contributed by atoms with Crippen LogP contribution in [-0.2, 0) is 6.54 Å². The molecule has 1 unspecified atom stereocenters. The molecule has 0 radical (unpaired) electrons. The maximum absolute atomic E-state index is 14.0.